The lowest BCUT2D eigenvalue weighted by Gasteiger charge is -2.23. The summed E-state index contributed by atoms with van der Waals surface area (Å²) in [7, 11) is 0. The van der Waals surface area contributed by atoms with Crippen molar-refractivity contribution in [1.29, 1.82) is 0 Å². The molecule has 1 aromatic heterocycles. The lowest BCUT2D eigenvalue weighted by molar-refractivity contribution is 0.669. The number of aliphatic imine (C=N–C) groups is 2. The van der Waals surface area contributed by atoms with Crippen LogP contribution in [0.2, 0.25) is 0 Å². The first-order chi connectivity index (χ1) is 25.2. The summed E-state index contributed by atoms with van der Waals surface area (Å²) in [6, 6.07) is 61.7. The Hall–Kier alpha value is -6.78. The molecule has 0 spiro atoms. The second-order valence-corrected chi connectivity index (χ2v) is 13.1. The van der Waals surface area contributed by atoms with Crippen molar-refractivity contribution in [1.82, 2.24) is 5.32 Å². The van der Waals surface area contributed by atoms with E-state index < -0.39 is 6.17 Å². The van der Waals surface area contributed by atoms with Gasteiger partial charge < -0.3 is 9.73 Å². The fourth-order valence-electron chi connectivity index (χ4n) is 7.27. The number of hydrogen-bond donors (Lipinski definition) is 1. The van der Waals surface area contributed by atoms with Crippen LogP contribution in [-0.4, -0.2) is 11.7 Å². The molecule has 2 heterocycles. The van der Waals surface area contributed by atoms with E-state index in [1.54, 1.807) is 0 Å². The fraction of sp³-hybridized carbons (Fsp3) is 0.0213. The molecule has 10 rings (SSSR count). The minimum absolute atomic E-state index is 0.445. The number of nitrogens with one attached hydrogen (secondary N) is 1. The van der Waals surface area contributed by atoms with Gasteiger partial charge in [-0.15, -0.1) is 0 Å². The van der Waals surface area contributed by atoms with Gasteiger partial charge in [-0.3, -0.25) is 0 Å². The highest BCUT2D eigenvalue weighted by Crippen LogP contribution is 2.38. The molecule has 0 fully saturated rings. The summed E-state index contributed by atoms with van der Waals surface area (Å²) in [6.45, 7) is 0. The van der Waals surface area contributed by atoms with Crippen molar-refractivity contribution in [3.8, 4) is 22.3 Å². The number of nitrogens with zero attached hydrogens (tertiary/aromatic N) is 2. The molecule has 240 valence electrons. The van der Waals surface area contributed by atoms with Crippen LogP contribution in [0.25, 0.3) is 65.7 Å². The predicted molar refractivity (Wildman–Crippen MR) is 211 cm³/mol. The standard InChI is InChI=1S/C47H31N3O/c1-2-12-33(13-3-1)45-48-46(34-22-18-32(19-23-34)37-24-20-30-10-4-6-14-35(30)26-37)50-47(49-45)41-28-39(38-25-21-31-11-5-7-15-36(31)27-38)29-43-44(41)40-16-8-9-17-42(40)51-43/h1-29,46H,(H,48,49,50). The van der Waals surface area contributed by atoms with Gasteiger partial charge in [-0.05, 0) is 79.7 Å². The first-order valence-electron chi connectivity index (χ1n) is 17.3. The van der Waals surface area contributed by atoms with Crippen molar-refractivity contribution in [3.63, 3.8) is 0 Å². The van der Waals surface area contributed by atoms with Crippen LogP contribution in [0, 0.1) is 0 Å². The molecule has 8 aromatic carbocycles. The Morgan fingerprint density at radius 3 is 1.73 bits per heavy atom. The third kappa shape index (κ3) is 5.25. The van der Waals surface area contributed by atoms with Crippen LogP contribution in [0.15, 0.2) is 190 Å². The number of fused-ring (bicyclic) bond motifs is 5. The van der Waals surface area contributed by atoms with Gasteiger partial charge in [0, 0.05) is 21.9 Å². The maximum Gasteiger partial charge on any atom is 0.169 e. The van der Waals surface area contributed by atoms with Gasteiger partial charge in [0.15, 0.2) is 6.17 Å². The number of furan rings is 1. The van der Waals surface area contributed by atoms with Gasteiger partial charge >= 0.3 is 0 Å². The lowest BCUT2D eigenvalue weighted by Crippen LogP contribution is -2.36. The SMILES string of the molecule is c1ccc(C2=NC(c3ccc(-c4ccc5ccccc5c4)cc3)N=C(c3cc(-c4ccc5ccccc5c4)cc4oc5ccccc5c34)N2)cc1. The molecule has 1 aliphatic rings. The van der Waals surface area contributed by atoms with E-state index in [4.69, 9.17) is 14.4 Å². The maximum atomic E-state index is 6.53. The summed E-state index contributed by atoms with van der Waals surface area (Å²) < 4.78 is 6.53. The molecule has 1 N–H and O–H groups in total. The van der Waals surface area contributed by atoms with E-state index in [0.29, 0.717) is 0 Å². The Labute approximate surface area is 295 Å². The Kier molecular flexibility index (Phi) is 6.85. The van der Waals surface area contributed by atoms with E-state index in [1.165, 1.54) is 27.1 Å². The molecule has 9 aromatic rings. The predicted octanol–water partition coefficient (Wildman–Crippen LogP) is 11.7. The second kappa shape index (κ2) is 12.0. The highest BCUT2D eigenvalue weighted by molar-refractivity contribution is 6.24. The Morgan fingerprint density at radius 2 is 1.00 bits per heavy atom. The zero-order valence-electron chi connectivity index (χ0n) is 27.6. The minimum atomic E-state index is -0.445. The van der Waals surface area contributed by atoms with E-state index >= 15 is 0 Å². The average molecular weight is 654 g/mol. The molecule has 0 radical (unpaired) electrons. The van der Waals surface area contributed by atoms with Gasteiger partial charge in [0.25, 0.3) is 0 Å². The number of para-hydroxylation sites is 1. The van der Waals surface area contributed by atoms with E-state index in [9.17, 15) is 0 Å². The van der Waals surface area contributed by atoms with E-state index in [0.717, 1.165) is 67.0 Å². The first-order valence-corrected chi connectivity index (χ1v) is 17.3. The molecule has 0 amide bonds. The first kappa shape index (κ1) is 29.2. The molecule has 0 bridgehead atoms. The number of amidine groups is 2. The zero-order valence-corrected chi connectivity index (χ0v) is 27.6. The van der Waals surface area contributed by atoms with Crippen molar-refractivity contribution < 1.29 is 4.42 Å². The summed E-state index contributed by atoms with van der Waals surface area (Å²) in [6.07, 6.45) is -0.445. The molecule has 0 aliphatic carbocycles. The van der Waals surface area contributed by atoms with Crippen molar-refractivity contribution >= 4 is 55.2 Å². The number of hydrogen-bond acceptors (Lipinski definition) is 4. The molecule has 1 unspecified atom stereocenters. The molecule has 51 heavy (non-hydrogen) atoms. The van der Waals surface area contributed by atoms with Crippen LogP contribution in [0.5, 0.6) is 0 Å². The third-order valence-corrected chi connectivity index (χ3v) is 9.89. The smallest absolute Gasteiger partial charge is 0.169 e. The third-order valence-electron chi connectivity index (χ3n) is 9.89. The van der Waals surface area contributed by atoms with Gasteiger partial charge in [-0.2, -0.15) is 0 Å². The zero-order chi connectivity index (χ0) is 33.7. The summed E-state index contributed by atoms with van der Waals surface area (Å²) in [5.41, 5.74) is 9.18. The molecular formula is C47H31N3O. The quantitative estimate of drug-likeness (QED) is 0.201. The molecule has 1 aliphatic heterocycles. The molecule has 1 atom stereocenters. The van der Waals surface area contributed by atoms with Crippen molar-refractivity contribution in [2.45, 2.75) is 6.17 Å². The van der Waals surface area contributed by atoms with E-state index in [2.05, 4.69) is 151 Å². The highest BCUT2D eigenvalue weighted by Gasteiger charge is 2.24. The Balaban J connectivity index is 1.13. The Bertz CT molecular complexity index is 2830. The van der Waals surface area contributed by atoms with Crippen LogP contribution in [0.3, 0.4) is 0 Å². The van der Waals surface area contributed by atoms with Gasteiger partial charge in [0.05, 0.1) is 0 Å². The lowest BCUT2D eigenvalue weighted by atomic mass is 9.96. The molecule has 4 nitrogen and oxygen atoms in total. The Morgan fingerprint density at radius 1 is 0.412 bits per heavy atom. The fourth-order valence-corrected chi connectivity index (χ4v) is 7.27. The van der Waals surface area contributed by atoms with E-state index in [-0.39, 0.29) is 0 Å². The summed E-state index contributed by atoms with van der Waals surface area (Å²) in [5, 5.41) is 10.6. The summed E-state index contributed by atoms with van der Waals surface area (Å²) in [5.74, 6) is 1.54. The van der Waals surface area contributed by atoms with Gasteiger partial charge in [-0.1, -0.05) is 146 Å². The highest BCUT2D eigenvalue weighted by atomic mass is 16.3. The van der Waals surface area contributed by atoms with Crippen molar-refractivity contribution in [3.05, 3.63) is 193 Å². The van der Waals surface area contributed by atoms with Gasteiger partial charge in [-0.25, -0.2) is 9.98 Å². The van der Waals surface area contributed by atoms with Crippen LogP contribution < -0.4 is 5.32 Å². The molecule has 0 saturated heterocycles. The van der Waals surface area contributed by atoms with Gasteiger partial charge in [0.2, 0.25) is 0 Å². The summed E-state index contributed by atoms with van der Waals surface area (Å²) in [4.78, 5) is 10.5. The van der Waals surface area contributed by atoms with Crippen LogP contribution >= 0.6 is 0 Å². The van der Waals surface area contributed by atoms with E-state index in [1.807, 2.05) is 30.3 Å². The van der Waals surface area contributed by atoms with Crippen molar-refractivity contribution in [2.24, 2.45) is 9.98 Å². The summed E-state index contributed by atoms with van der Waals surface area (Å²) >= 11 is 0. The van der Waals surface area contributed by atoms with Gasteiger partial charge in [0.1, 0.15) is 22.8 Å². The van der Waals surface area contributed by atoms with Crippen LogP contribution in [0.4, 0.5) is 0 Å². The second-order valence-electron chi connectivity index (χ2n) is 13.1. The minimum Gasteiger partial charge on any atom is -0.456 e. The van der Waals surface area contributed by atoms with Crippen LogP contribution in [0.1, 0.15) is 22.9 Å². The molecule has 4 heteroatoms. The average Bonchev–Trinajstić information content (AvgIpc) is 3.59. The van der Waals surface area contributed by atoms with Crippen LogP contribution in [-0.2, 0) is 0 Å². The molecule has 0 saturated carbocycles. The topological polar surface area (TPSA) is 49.9 Å². The maximum absolute atomic E-state index is 6.53. The number of benzene rings is 8. The molecular weight excluding hydrogens is 623 g/mol. The normalized spacial score (nSPS) is 14.5. The largest absolute Gasteiger partial charge is 0.456 e. The van der Waals surface area contributed by atoms with Crippen molar-refractivity contribution in [2.75, 3.05) is 0 Å². The monoisotopic (exact) mass is 653 g/mol. The number of rotatable bonds is 5.